The lowest BCUT2D eigenvalue weighted by Gasteiger charge is -2.31. The third-order valence-corrected chi connectivity index (χ3v) is 3.69. The van der Waals surface area contributed by atoms with Gasteiger partial charge < -0.3 is 9.64 Å². The van der Waals surface area contributed by atoms with Crippen molar-refractivity contribution < 1.29 is 9.53 Å². The van der Waals surface area contributed by atoms with E-state index in [4.69, 9.17) is 4.74 Å². The normalized spacial score (nSPS) is 17.6. The second-order valence-corrected chi connectivity index (χ2v) is 5.09. The fourth-order valence-electron chi connectivity index (χ4n) is 2.37. The summed E-state index contributed by atoms with van der Waals surface area (Å²) in [5.41, 5.74) is 1.09. The first-order chi connectivity index (χ1) is 9.74. The summed E-state index contributed by atoms with van der Waals surface area (Å²) in [7, 11) is 2.12. The lowest BCUT2D eigenvalue weighted by molar-refractivity contribution is 0.0434. The Morgan fingerprint density at radius 2 is 2.20 bits per heavy atom. The highest BCUT2D eigenvalue weighted by atomic mass is 16.5. The van der Waals surface area contributed by atoms with Crippen molar-refractivity contribution in [3.05, 3.63) is 24.2 Å². The van der Waals surface area contributed by atoms with Crippen molar-refractivity contribution in [1.29, 1.82) is 0 Å². The number of hydrogen-bond acceptors (Lipinski definition) is 5. The van der Waals surface area contributed by atoms with E-state index in [-0.39, 0.29) is 5.97 Å². The molecule has 0 radical (unpaired) electrons. The summed E-state index contributed by atoms with van der Waals surface area (Å²) in [5, 5.41) is 2.93. The second-order valence-electron chi connectivity index (χ2n) is 5.09. The molecular formula is C13H19N5O2. The summed E-state index contributed by atoms with van der Waals surface area (Å²) < 4.78 is 7.02. The third kappa shape index (κ3) is 2.68. The smallest absolute Gasteiger partial charge is 0.343 e. The highest BCUT2D eigenvalue weighted by Gasteiger charge is 2.17. The third-order valence-electron chi connectivity index (χ3n) is 3.69. The first kappa shape index (κ1) is 13.1. The van der Waals surface area contributed by atoms with Crippen LogP contribution < -0.4 is 0 Å². The summed E-state index contributed by atoms with van der Waals surface area (Å²) in [5.74, 6) is -0.323. The van der Waals surface area contributed by atoms with Gasteiger partial charge in [-0.3, -0.25) is 10.00 Å². The molecule has 1 aliphatic heterocycles. The van der Waals surface area contributed by atoms with E-state index in [1.54, 1.807) is 23.1 Å². The van der Waals surface area contributed by atoms with Crippen LogP contribution in [0.2, 0.25) is 0 Å². The van der Waals surface area contributed by atoms with Crippen LogP contribution in [0.1, 0.15) is 10.4 Å². The maximum atomic E-state index is 12.0. The van der Waals surface area contributed by atoms with E-state index in [2.05, 4.69) is 26.9 Å². The van der Waals surface area contributed by atoms with Crippen LogP contribution in [0.3, 0.4) is 0 Å². The van der Waals surface area contributed by atoms with Crippen LogP contribution in [-0.2, 0) is 4.74 Å². The zero-order valence-corrected chi connectivity index (χ0v) is 11.6. The monoisotopic (exact) mass is 277 g/mol. The van der Waals surface area contributed by atoms with Gasteiger partial charge in [0.25, 0.3) is 0 Å². The molecule has 0 bridgehead atoms. The fraction of sp³-hybridized carbons (Fsp3) is 0.538. The molecule has 0 saturated carbocycles. The number of hydrogen-bond donors (Lipinski definition) is 1. The van der Waals surface area contributed by atoms with Gasteiger partial charge in [0.05, 0.1) is 0 Å². The summed E-state index contributed by atoms with van der Waals surface area (Å²) in [4.78, 5) is 20.7. The number of likely N-dealkylation sites (N-methyl/N-ethyl adjacent to an activating group) is 1. The molecule has 1 aliphatic rings. The van der Waals surface area contributed by atoms with Gasteiger partial charge in [0, 0.05) is 51.3 Å². The molecule has 7 heteroatoms. The van der Waals surface area contributed by atoms with Crippen molar-refractivity contribution in [2.24, 2.45) is 0 Å². The molecule has 0 atom stereocenters. The van der Waals surface area contributed by atoms with E-state index in [1.807, 2.05) is 0 Å². The zero-order chi connectivity index (χ0) is 13.9. The number of imidazole rings is 1. The van der Waals surface area contributed by atoms with Gasteiger partial charge in [-0.1, -0.05) is 0 Å². The van der Waals surface area contributed by atoms with Gasteiger partial charge in [-0.15, -0.1) is 0 Å². The van der Waals surface area contributed by atoms with Gasteiger partial charge in [-0.2, -0.15) is 0 Å². The molecule has 1 saturated heterocycles. The Kier molecular flexibility index (Phi) is 3.70. The topological polar surface area (TPSA) is 65.9 Å². The molecule has 3 rings (SSSR count). The van der Waals surface area contributed by atoms with Crippen LogP contribution in [0.5, 0.6) is 0 Å². The SMILES string of the molecule is CN1CCN(CCOC(=O)c2c[nH]n3ccnc23)CC1. The van der Waals surface area contributed by atoms with Crippen molar-refractivity contribution in [2.45, 2.75) is 0 Å². The van der Waals surface area contributed by atoms with E-state index < -0.39 is 0 Å². The van der Waals surface area contributed by atoms with E-state index in [0.29, 0.717) is 17.8 Å². The number of carbonyl (C=O) groups is 1. The number of aromatic nitrogens is 3. The van der Waals surface area contributed by atoms with Crippen LogP contribution in [0.25, 0.3) is 5.65 Å². The lowest BCUT2D eigenvalue weighted by Crippen LogP contribution is -2.45. The summed E-state index contributed by atoms with van der Waals surface area (Å²) in [6.45, 7) is 5.40. The number of ether oxygens (including phenoxy) is 1. The average molecular weight is 277 g/mol. The molecule has 0 spiro atoms. The first-order valence-corrected chi connectivity index (χ1v) is 6.82. The van der Waals surface area contributed by atoms with Crippen LogP contribution in [0, 0.1) is 0 Å². The molecule has 2 aromatic rings. The molecule has 1 N–H and O–H groups in total. The van der Waals surface area contributed by atoms with Gasteiger partial charge >= 0.3 is 5.97 Å². The maximum absolute atomic E-state index is 12.0. The maximum Gasteiger partial charge on any atom is 0.343 e. The molecule has 3 heterocycles. The quantitative estimate of drug-likeness (QED) is 0.801. The van der Waals surface area contributed by atoms with Crippen LogP contribution >= 0.6 is 0 Å². The largest absolute Gasteiger partial charge is 0.461 e. The zero-order valence-electron chi connectivity index (χ0n) is 11.6. The number of nitrogens with zero attached hydrogens (tertiary/aromatic N) is 4. The summed E-state index contributed by atoms with van der Waals surface area (Å²) >= 11 is 0. The lowest BCUT2D eigenvalue weighted by atomic mass is 10.3. The Morgan fingerprint density at radius 3 is 3.00 bits per heavy atom. The average Bonchev–Trinajstić information content (AvgIpc) is 3.03. The number of aromatic amines is 1. The Morgan fingerprint density at radius 1 is 1.40 bits per heavy atom. The molecule has 0 aromatic carbocycles. The highest BCUT2D eigenvalue weighted by molar-refractivity contribution is 5.95. The Labute approximate surface area is 117 Å². The Balaban J connectivity index is 1.49. The Hall–Kier alpha value is -1.86. The minimum absolute atomic E-state index is 0.323. The highest BCUT2D eigenvalue weighted by Crippen LogP contribution is 2.09. The number of H-pyrrole nitrogens is 1. The molecule has 0 amide bonds. The van der Waals surface area contributed by atoms with Gasteiger partial charge in [0.2, 0.25) is 0 Å². The van der Waals surface area contributed by atoms with Gasteiger partial charge in [0.15, 0.2) is 5.65 Å². The number of rotatable bonds is 4. The molecular weight excluding hydrogens is 258 g/mol. The van der Waals surface area contributed by atoms with Crippen LogP contribution in [0.4, 0.5) is 0 Å². The molecule has 7 nitrogen and oxygen atoms in total. The van der Waals surface area contributed by atoms with Crippen molar-refractivity contribution in [3.63, 3.8) is 0 Å². The first-order valence-electron chi connectivity index (χ1n) is 6.82. The van der Waals surface area contributed by atoms with E-state index in [1.165, 1.54) is 0 Å². The Bertz CT molecular complexity index is 582. The van der Waals surface area contributed by atoms with Crippen molar-refractivity contribution in [2.75, 3.05) is 46.4 Å². The van der Waals surface area contributed by atoms with E-state index in [0.717, 1.165) is 32.7 Å². The van der Waals surface area contributed by atoms with Crippen molar-refractivity contribution in [3.8, 4) is 0 Å². The molecule has 20 heavy (non-hydrogen) atoms. The molecule has 1 fully saturated rings. The molecule has 2 aromatic heterocycles. The number of piperazine rings is 1. The molecule has 0 aliphatic carbocycles. The van der Waals surface area contributed by atoms with Crippen molar-refractivity contribution in [1.82, 2.24) is 24.4 Å². The summed E-state index contributed by atoms with van der Waals surface area (Å²) in [6.07, 6.45) is 5.03. The van der Waals surface area contributed by atoms with Gasteiger partial charge in [0.1, 0.15) is 12.2 Å². The van der Waals surface area contributed by atoms with Crippen LogP contribution in [-0.4, -0.2) is 76.7 Å². The minimum atomic E-state index is -0.323. The number of esters is 1. The predicted molar refractivity (Wildman–Crippen MR) is 73.8 cm³/mol. The predicted octanol–water partition coefficient (Wildman–Crippen LogP) is 0.0666. The molecule has 0 unspecified atom stereocenters. The van der Waals surface area contributed by atoms with E-state index in [9.17, 15) is 4.79 Å². The minimum Gasteiger partial charge on any atom is -0.461 e. The summed E-state index contributed by atoms with van der Waals surface area (Å²) in [6, 6.07) is 0. The van der Waals surface area contributed by atoms with Crippen LogP contribution in [0.15, 0.2) is 18.6 Å². The van der Waals surface area contributed by atoms with Gasteiger partial charge in [-0.05, 0) is 7.05 Å². The van der Waals surface area contributed by atoms with Crippen molar-refractivity contribution >= 4 is 11.6 Å². The number of nitrogens with one attached hydrogen (secondary N) is 1. The van der Waals surface area contributed by atoms with E-state index >= 15 is 0 Å². The second kappa shape index (κ2) is 5.64. The number of carbonyl (C=O) groups excluding carboxylic acids is 1. The van der Waals surface area contributed by atoms with Gasteiger partial charge in [-0.25, -0.2) is 14.3 Å². The standard InChI is InChI=1S/C13H19N5O2/c1-16-4-6-17(7-5-16)8-9-20-13(19)11-10-15-18-3-2-14-12(11)18/h2-3,10,15H,4-9H2,1H3. The fourth-order valence-corrected chi connectivity index (χ4v) is 2.37. The molecule has 108 valence electrons. The number of fused-ring (bicyclic) bond motifs is 1.